The summed E-state index contributed by atoms with van der Waals surface area (Å²) in [5, 5.41) is 0. The molecule has 0 fully saturated rings. The number of halogens is 6. The molecular weight excluding hydrogens is 522 g/mol. The molecular formula is C29H18F6N2O2. The predicted octanol–water partition coefficient (Wildman–Crippen LogP) is 9.64. The fourth-order valence-electron chi connectivity index (χ4n) is 4.27. The van der Waals surface area contributed by atoms with Gasteiger partial charge in [-0.3, -0.25) is 0 Å². The lowest BCUT2D eigenvalue weighted by atomic mass is 9.93. The fourth-order valence-corrected chi connectivity index (χ4v) is 4.27. The highest BCUT2D eigenvalue weighted by Crippen LogP contribution is 2.46. The van der Waals surface area contributed by atoms with Crippen molar-refractivity contribution in [2.45, 2.75) is 19.8 Å². The molecule has 4 nitrogen and oxygen atoms in total. The zero-order valence-electron chi connectivity index (χ0n) is 19.1. The van der Waals surface area contributed by atoms with Crippen LogP contribution in [0.3, 0.4) is 0 Å². The molecule has 10 heteroatoms. The molecule has 0 radical (unpaired) electrons. The van der Waals surface area contributed by atoms with Gasteiger partial charge < -0.3 is 8.83 Å². The van der Waals surface area contributed by atoms with E-state index in [2.05, 4.69) is 9.97 Å². The van der Waals surface area contributed by atoms with Gasteiger partial charge in [0.15, 0.2) is 11.2 Å². The minimum Gasteiger partial charge on any atom is -0.436 e. The number of nitrogens with zero attached hydrogens (tertiary/aromatic N) is 2. The Labute approximate surface area is 217 Å². The van der Waals surface area contributed by atoms with Crippen molar-refractivity contribution in [1.29, 1.82) is 0 Å². The Morgan fingerprint density at radius 2 is 0.872 bits per heavy atom. The van der Waals surface area contributed by atoms with Crippen LogP contribution in [0.5, 0.6) is 0 Å². The molecule has 0 aliphatic carbocycles. The first kappa shape index (κ1) is 26.0. The van der Waals surface area contributed by atoms with Gasteiger partial charge in [-0.15, -0.1) is 0 Å². The molecule has 198 valence electrons. The van der Waals surface area contributed by atoms with E-state index in [9.17, 15) is 26.3 Å². The van der Waals surface area contributed by atoms with Gasteiger partial charge in [-0.2, -0.15) is 26.3 Å². The molecule has 0 saturated heterocycles. The van der Waals surface area contributed by atoms with Gasteiger partial charge in [0.2, 0.25) is 11.8 Å². The van der Waals surface area contributed by atoms with Crippen LogP contribution in [0.4, 0.5) is 26.3 Å². The minimum atomic E-state index is -4.98. The largest absolute Gasteiger partial charge is 0.436 e. The van der Waals surface area contributed by atoms with Crippen LogP contribution in [0.15, 0.2) is 93.8 Å². The van der Waals surface area contributed by atoms with Crippen LogP contribution in [0.2, 0.25) is 0 Å². The molecule has 2 heterocycles. The lowest BCUT2D eigenvalue weighted by Crippen LogP contribution is -2.11. The molecule has 0 saturated carbocycles. The first-order chi connectivity index (χ1) is 18.1. The van der Waals surface area contributed by atoms with Gasteiger partial charge in [0.25, 0.3) is 0 Å². The maximum Gasteiger partial charge on any atom is 0.417 e. The number of hydrogen-bond donors (Lipinski definition) is 0. The summed E-state index contributed by atoms with van der Waals surface area (Å²) >= 11 is 0. The molecule has 0 unspecified atom stereocenters. The van der Waals surface area contributed by atoms with Crippen LogP contribution < -0.4 is 0 Å². The van der Waals surface area contributed by atoms with Crippen LogP contribution in [-0.2, 0) is 12.4 Å². The summed E-state index contributed by atoms with van der Waals surface area (Å²) in [5.74, 6) is 0.0835. The third-order valence-corrected chi connectivity index (χ3v) is 6.00. The number of rotatable bonds is 3. The van der Waals surface area contributed by atoms with Gasteiger partial charge in [0, 0.05) is 11.1 Å². The number of hydrogen-bond acceptors (Lipinski definition) is 4. The number of fused-ring (bicyclic) bond motifs is 2. The van der Waals surface area contributed by atoms with Gasteiger partial charge >= 0.3 is 12.4 Å². The summed E-state index contributed by atoms with van der Waals surface area (Å²) in [6.45, 7) is 0. The second-order valence-corrected chi connectivity index (χ2v) is 8.50. The SMILES string of the molecule is C.FC(F)(F)c1cc2nc(-c3ccccc3)oc2cc1-c1cc2oc(-c3ccccc3)nc2cc1C(F)(F)F. The molecule has 6 aromatic rings. The van der Waals surface area contributed by atoms with E-state index in [1.807, 2.05) is 0 Å². The van der Waals surface area contributed by atoms with Crippen molar-refractivity contribution in [3.8, 4) is 34.0 Å². The second-order valence-electron chi connectivity index (χ2n) is 8.50. The van der Waals surface area contributed by atoms with Crippen LogP contribution in [0.1, 0.15) is 18.6 Å². The van der Waals surface area contributed by atoms with E-state index in [0.717, 1.165) is 12.1 Å². The molecule has 0 bridgehead atoms. The van der Waals surface area contributed by atoms with Crippen molar-refractivity contribution < 1.29 is 35.2 Å². The summed E-state index contributed by atoms with van der Waals surface area (Å²) in [5.41, 5.74) is -3.46. The van der Waals surface area contributed by atoms with E-state index < -0.39 is 34.6 Å². The van der Waals surface area contributed by atoms with Crippen molar-refractivity contribution >= 4 is 22.2 Å². The van der Waals surface area contributed by atoms with E-state index in [1.54, 1.807) is 60.7 Å². The van der Waals surface area contributed by atoms with Crippen LogP contribution in [0, 0.1) is 0 Å². The normalized spacial score (nSPS) is 12.2. The highest BCUT2D eigenvalue weighted by Gasteiger charge is 2.40. The average Bonchev–Trinajstić information content (AvgIpc) is 3.51. The number of alkyl halides is 6. The molecule has 4 aromatic carbocycles. The van der Waals surface area contributed by atoms with E-state index in [4.69, 9.17) is 8.83 Å². The van der Waals surface area contributed by atoms with E-state index in [1.165, 1.54) is 0 Å². The Morgan fingerprint density at radius 1 is 0.513 bits per heavy atom. The van der Waals surface area contributed by atoms with Gasteiger partial charge in [-0.05, 0) is 59.7 Å². The quantitative estimate of drug-likeness (QED) is 0.210. The summed E-state index contributed by atoms with van der Waals surface area (Å²) < 4.78 is 96.4. The Balaban J connectivity index is 0.00000308. The van der Waals surface area contributed by atoms with Gasteiger partial charge in [-0.1, -0.05) is 43.8 Å². The summed E-state index contributed by atoms with van der Waals surface area (Å²) in [6.07, 6.45) is -9.96. The zero-order valence-corrected chi connectivity index (χ0v) is 19.1. The Bertz CT molecular complexity index is 1650. The Kier molecular flexibility index (Phi) is 6.21. The van der Waals surface area contributed by atoms with Crippen molar-refractivity contribution in [2.24, 2.45) is 0 Å². The minimum absolute atomic E-state index is 0. The van der Waals surface area contributed by atoms with Crippen molar-refractivity contribution in [3.05, 3.63) is 96.1 Å². The average molecular weight is 540 g/mol. The topological polar surface area (TPSA) is 52.1 Å². The zero-order chi connectivity index (χ0) is 26.7. The molecule has 0 aliphatic rings. The number of benzene rings is 4. The lowest BCUT2D eigenvalue weighted by molar-refractivity contribution is -0.139. The first-order valence-electron chi connectivity index (χ1n) is 11.2. The fraction of sp³-hybridized carbons (Fsp3) is 0.103. The predicted molar refractivity (Wildman–Crippen MR) is 135 cm³/mol. The summed E-state index contributed by atoms with van der Waals surface area (Å²) in [6, 6.07) is 20.1. The number of oxazole rings is 2. The molecule has 2 aromatic heterocycles. The van der Waals surface area contributed by atoms with E-state index in [-0.39, 0.29) is 41.4 Å². The Morgan fingerprint density at radius 3 is 1.21 bits per heavy atom. The molecule has 0 N–H and O–H groups in total. The number of aromatic nitrogens is 2. The monoisotopic (exact) mass is 540 g/mol. The Hall–Kier alpha value is -4.60. The van der Waals surface area contributed by atoms with Crippen LogP contribution >= 0.6 is 0 Å². The van der Waals surface area contributed by atoms with Crippen LogP contribution in [-0.4, -0.2) is 9.97 Å². The summed E-state index contributed by atoms with van der Waals surface area (Å²) in [4.78, 5) is 8.27. The summed E-state index contributed by atoms with van der Waals surface area (Å²) in [7, 11) is 0. The highest BCUT2D eigenvalue weighted by molar-refractivity contribution is 5.90. The second kappa shape index (κ2) is 9.30. The molecule has 0 spiro atoms. The highest BCUT2D eigenvalue weighted by atomic mass is 19.4. The first-order valence-corrected chi connectivity index (χ1v) is 11.2. The molecule has 0 amide bonds. The lowest BCUT2D eigenvalue weighted by Gasteiger charge is -2.17. The van der Waals surface area contributed by atoms with Gasteiger partial charge in [-0.25, -0.2) is 9.97 Å². The molecule has 6 rings (SSSR count). The molecule has 0 aliphatic heterocycles. The molecule has 39 heavy (non-hydrogen) atoms. The van der Waals surface area contributed by atoms with Gasteiger partial charge in [0.1, 0.15) is 11.0 Å². The standard InChI is InChI=1S/C28H14F6N2O2.CH4/c29-27(30,31)19-13-21-23(37-25(35-21)15-7-3-1-4-8-15)11-17(19)18-12-24-22(14-20(18)28(32,33)34)36-26(38-24)16-9-5-2-6-10-16;/h1-14H;1H4. The van der Waals surface area contributed by atoms with Crippen LogP contribution in [0.25, 0.3) is 56.2 Å². The van der Waals surface area contributed by atoms with E-state index >= 15 is 0 Å². The van der Waals surface area contributed by atoms with Gasteiger partial charge in [0.05, 0.1) is 11.1 Å². The molecule has 0 atom stereocenters. The van der Waals surface area contributed by atoms with Crippen molar-refractivity contribution in [3.63, 3.8) is 0 Å². The third kappa shape index (κ3) is 4.73. The maximum atomic E-state index is 14.2. The van der Waals surface area contributed by atoms with Crippen molar-refractivity contribution in [1.82, 2.24) is 9.97 Å². The van der Waals surface area contributed by atoms with E-state index in [0.29, 0.717) is 23.3 Å². The smallest absolute Gasteiger partial charge is 0.417 e. The van der Waals surface area contributed by atoms with Crippen molar-refractivity contribution in [2.75, 3.05) is 0 Å². The third-order valence-electron chi connectivity index (χ3n) is 6.00. The maximum absolute atomic E-state index is 14.2.